The van der Waals surface area contributed by atoms with E-state index in [0.29, 0.717) is 0 Å². The monoisotopic (exact) mass is 832 g/mol. The van der Waals surface area contributed by atoms with Crippen LogP contribution in [0.4, 0.5) is 34.1 Å². The van der Waals surface area contributed by atoms with E-state index in [-0.39, 0.29) is 0 Å². The fraction of sp³-hybridized carbons (Fsp3) is 0. The summed E-state index contributed by atoms with van der Waals surface area (Å²) in [5.41, 5.74) is 14.0. The second-order valence-electron chi connectivity index (χ2n) is 14.7. The Labute approximate surface area is 367 Å². The highest BCUT2D eigenvalue weighted by molar-refractivity contribution is 7.19. The minimum atomic E-state index is 0.807. The molecule has 62 heavy (non-hydrogen) atoms. The third-order valence-corrected chi connectivity index (χ3v) is 13.2. The van der Waals surface area contributed by atoms with Gasteiger partial charge in [0.15, 0.2) is 0 Å². The molecule has 4 heterocycles. The van der Waals surface area contributed by atoms with Crippen LogP contribution in [0.25, 0.3) is 63.8 Å². The van der Waals surface area contributed by atoms with Crippen LogP contribution in [-0.2, 0) is 0 Å². The maximum Gasteiger partial charge on any atom is 0.100 e. The van der Waals surface area contributed by atoms with E-state index in [9.17, 15) is 0 Å². The van der Waals surface area contributed by atoms with Gasteiger partial charge >= 0.3 is 0 Å². The van der Waals surface area contributed by atoms with Crippen molar-refractivity contribution in [2.24, 2.45) is 0 Å². The molecule has 0 amide bonds. The first-order valence-electron chi connectivity index (χ1n) is 20.4. The average Bonchev–Trinajstić information content (AvgIpc) is 4.04. The number of thiophene rings is 2. The molecule has 11 rings (SSSR count). The number of benzene rings is 7. The Morgan fingerprint density at radius 2 is 0.516 bits per heavy atom. The lowest BCUT2D eigenvalue weighted by atomic mass is 10.0. The molecule has 0 unspecified atom stereocenters. The van der Waals surface area contributed by atoms with Crippen molar-refractivity contribution in [3.05, 3.63) is 219 Å². The Balaban J connectivity index is 0.936. The van der Waals surface area contributed by atoms with E-state index in [2.05, 4.69) is 180 Å². The Morgan fingerprint density at radius 3 is 0.806 bits per heavy atom. The molecule has 7 aromatic carbocycles. The first-order chi connectivity index (χ1) is 30.8. The van der Waals surface area contributed by atoms with Crippen LogP contribution in [0.15, 0.2) is 219 Å². The van der Waals surface area contributed by atoms with Crippen molar-refractivity contribution in [3.8, 4) is 41.8 Å². The van der Waals surface area contributed by atoms with Gasteiger partial charge in [-0.2, -0.15) is 0 Å². The Kier molecular flexibility index (Phi) is 9.82. The molecule has 0 aliphatic rings. The zero-order valence-electron chi connectivity index (χ0n) is 33.3. The fourth-order valence-electron chi connectivity index (χ4n) is 8.11. The average molecular weight is 833 g/mol. The number of para-hydroxylation sites is 4. The van der Waals surface area contributed by atoms with Gasteiger partial charge in [-0.3, -0.25) is 19.9 Å². The minimum Gasteiger partial charge on any atom is -0.311 e. The number of hydrogen-bond acceptors (Lipinski definition) is 8. The number of anilines is 6. The van der Waals surface area contributed by atoms with Gasteiger partial charge in [-0.05, 0) is 108 Å². The molecule has 0 N–H and O–H groups in total. The molecule has 294 valence electrons. The molecule has 0 saturated heterocycles. The second-order valence-corrected chi connectivity index (χ2v) is 16.9. The standard InChI is InChI=1S/C54H36N6S2/c1-5-13-39(14-6-1)59(40-15-7-2-8-16-40)43-25-21-37(22-26-43)45-29-31-47(61-45)49-51-53(57-35-33-55-51)50(54-52(49)56-34-36-58-54)48-32-30-46(62-48)38-23-27-44(28-24-38)60(41-17-9-3-10-18-41)42-19-11-4-12-20-42/h1-36H. The van der Waals surface area contributed by atoms with Crippen LogP contribution >= 0.6 is 22.7 Å². The van der Waals surface area contributed by atoms with Gasteiger partial charge in [0.2, 0.25) is 0 Å². The van der Waals surface area contributed by atoms with Crippen molar-refractivity contribution in [1.82, 2.24) is 19.9 Å². The summed E-state index contributed by atoms with van der Waals surface area (Å²) >= 11 is 3.46. The molecule has 0 atom stereocenters. The van der Waals surface area contributed by atoms with Crippen LogP contribution < -0.4 is 9.80 Å². The third kappa shape index (κ3) is 6.97. The van der Waals surface area contributed by atoms with Crippen LogP contribution in [0, 0.1) is 0 Å². The van der Waals surface area contributed by atoms with Crippen molar-refractivity contribution in [3.63, 3.8) is 0 Å². The quantitative estimate of drug-likeness (QED) is 0.128. The molecule has 0 bridgehead atoms. The summed E-state index contributed by atoms with van der Waals surface area (Å²) in [4.78, 5) is 28.9. The topological polar surface area (TPSA) is 58.0 Å². The van der Waals surface area contributed by atoms with Gasteiger partial charge in [-0.1, -0.05) is 97.1 Å². The van der Waals surface area contributed by atoms with Crippen LogP contribution in [-0.4, -0.2) is 19.9 Å². The lowest BCUT2D eigenvalue weighted by Gasteiger charge is -2.25. The van der Waals surface area contributed by atoms with E-state index in [1.807, 2.05) is 24.3 Å². The van der Waals surface area contributed by atoms with Gasteiger partial charge in [0, 0.05) is 89.5 Å². The summed E-state index contributed by atoms with van der Waals surface area (Å²) in [6, 6.07) is 68.2. The van der Waals surface area contributed by atoms with E-state index in [0.717, 1.165) is 98.0 Å². The maximum absolute atomic E-state index is 4.98. The molecular formula is C54H36N6S2. The first kappa shape index (κ1) is 37.2. The predicted octanol–water partition coefficient (Wildman–Crippen LogP) is 15.3. The van der Waals surface area contributed by atoms with Crippen LogP contribution in [0.5, 0.6) is 0 Å². The zero-order valence-corrected chi connectivity index (χ0v) is 34.9. The van der Waals surface area contributed by atoms with Crippen molar-refractivity contribution in [1.29, 1.82) is 0 Å². The van der Waals surface area contributed by atoms with E-state index in [1.165, 1.54) is 0 Å². The van der Waals surface area contributed by atoms with Gasteiger partial charge in [0.25, 0.3) is 0 Å². The van der Waals surface area contributed by atoms with Gasteiger partial charge in [-0.15, -0.1) is 22.7 Å². The molecule has 0 fully saturated rings. The minimum absolute atomic E-state index is 0.807. The molecule has 0 aliphatic carbocycles. The first-order valence-corrected chi connectivity index (χ1v) is 22.0. The van der Waals surface area contributed by atoms with Crippen molar-refractivity contribution in [2.75, 3.05) is 9.80 Å². The lowest BCUT2D eigenvalue weighted by Crippen LogP contribution is -2.09. The molecule has 11 aromatic rings. The molecule has 4 aromatic heterocycles. The smallest absolute Gasteiger partial charge is 0.100 e. The molecule has 0 spiro atoms. The van der Waals surface area contributed by atoms with Gasteiger partial charge in [0.05, 0.1) is 0 Å². The number of aromatic nitrogens is 4. The highest BCUT2D eigenvalue weighted by Gasteiger charge is 2.23. The maximum atomic E-state index is 4.98. The third-order valence-electron chi connectivity index (χ3n) is 10.9. The van der Waals surface area contributed by atoms with E-state index in [4.69, 9.17) is 19.9 Å². The van der Waals surface area contributed by atoms with Crippen LogP contribution in [0.3, 0.4) is 0 Å². The summed E-state index contributed by atoms with van der Waals surface area (Å²) in [7, 11) is 0. The number of rotatable bonds is 10. The normalized spacial score (nSPS) is 11.2. The summed E-state index contributed by atoms with van der Waals surface area (Å²) in [5, 5.41) is 0. The van der Waals surface area contributed by atoms with Gasteiger partial charge < -0.3 is 9.80 Å². The number of hydrogen-bond donors (Lipinski definition) is 0. The Bertz CT molecular complexity index is 2920. The van der Waals surface area contributed by atoms with Crippen LogP contribution in [0.1, 0.15) is 0 Å². The summed E-state index contributed by atoms with van der Waals surface area (Å²) in [5.74, 6) is 0. The lowest BCUT2D eigenvalue weighted by molar-refractivity contribution is 1.27. The zero-order chi connectivity index (χ0) is 41.2. The highest BCUT2D eigenvalue weighted by Crippen LogP contribution is 2.47. The molecule has 0 radical (unpaired) electrons. The molecule has 8 heteroatoms. The Morgan fingerprint density at radius 1 is 0.258 bits per heavy atom. The van der Waals surface area contributed by atoms with E-state index < -0.39 is 0 Å². The summed E-state index contributed by atoms with van der Waals surface area (Å²) in [6.07, 6.45) is 7.08. The highest BCUT2D eigenvalue weighted by atomic mass is 32.1. The SMILES string of the molecule is c1ccc(N(c2ccccc2)c2ccc(-c3ccc(-c4c5nccnc5c(-c5ccc(-c6ccc(N(c7ccccc7)c7ccccc7)cc6)s5)c5nccnc45)s3)cc2)cc1. The van der Waals surface area contributed by atoms with Crippen molar-refractivity contribution in [2.45, 2.75) is 0 Å². The molecule has 0 saturated carbocycles. The Hall–Kier alpha value is -7.78. The van der Waals surface area contributed by atoms with Crippen molar-refractivity contribution < 1.29 is 0 Å². The largest absolute Gasteiger partial charge is 0.311 e. The molecule has 6 nitrogen and oxygen atoms in total. The van der Waals surface area contributed by atoms with Gasteiger partial charge in [0.1, 0.15) is 22.1 Å². The van der Waals surface area contributed by atoms with Crippen LogP contribution in [0.2, 0.25) is 0 Å². The van der Waals surface area contributed by atoms with E-state index in [1.54, 1.807) is 47.5 Å². The van der Waals surface area contributed by atoms with Gasteiger partial charge in [-0.25, -0.2) is 0 Å². The number of fused-ring (bicyclic) bond motifs is 2. The summed E-state index contributed by atoms with van der Waals surface area (Å²) < 4.78 is 0. The van der Waals surface area contributed by atoms with Crippen molar-refractivity contribution >= 4 is 78.9 Å². The fourth-order valence-corrected chi connectivity index (χ4v) is 10.2. The summed E-state index contributed by atoms with van der Waals surface area (Å²) in [6.45, 7) is 0. The van der Waals surface area contributed by atoms with E-state index >= 15 is 0 Å². The molecule has 0 aliphatic heterocycles. The predicted molar refractivity (Wildman–Crippen MR) is 259 cm³/mol. The number of nitrogens with zero attached hydrogens (tertiary/aromatic N) is 6. The molecular weight excluding hydrogens is 797 g/mol. The second kappa shape index (κ2) is 16.3.